The van der Waals surface area contributed by atoms with E-state index in [0.29, 0.717) is 12.4 Å². The number of nitrogens with one attached hydrogen (secondary N) is 2. The monoisotopic (exact) mass is 345 g/mol. The van der Waals surface area contributed by atoms with Crippen LogP contribution in [0, 0.1) is 0 Å². The van der Waals surface area contributed by atoms with E-state index in [0.717, 1.165) is 22.3 Å². The van der Waals surface area contributed by atoms with E-state index in [2.05, 4.69) is 15.3 Å². The Hall–Kier alpha value is -2.73. The number of hydrogen-bond donors (Lipinski definition) is 3. The number of aromatic amines is 1. The molecule has 0 aliphatic rings. The molecule has 0 unspecified atom stereocenters. The highest BCUT2D eigenvalue weighted by molar-refractivity contribution is 6.32. The number of rotatable bonds is 5. The number of fused-ring (bicyclic) bond motifs is 1. The zero-order chi connectivity index (χ0) is 17.1. The average Bonchev–Trinajstić information content (AvgIpc) is 2.98. The number of phenolic OH excluding ortho intramolecular Hbond substituents is 1. The highest BCUT2D eigenvalue weighted by atomic mass is 35.5. The number of carbonyl (C=O) groups is 1. The fourth-order valence-corrected chi connectivity index (χ4v) is 2.55. The predicted octanol–water partition coefficient (Wildman–Crippen LogP) is 2.79. The van der Waals surface area contributed by atoms with Crippen molar-refractivity contribution in [1.82, 2.24) is 15.3 Å². The summed E-state index contributed by atoms with van der Waals surface area (Å²) in [6.45, 7) is 0.293. The van der Waals surface area contributed by atoms with Crippen molar-refractivity contribution in [3.05, 3.63) is 52.8 Å². The molecule has 0 fully saturated rings. The van der Waals surface area contributed by atoms with E-state index >= 15 is 0 Å². The molecule has 7 heteroatoms. The minimum atomic E-state index is -0.158. The average molecular weight is 346 g/mol. The van der Waals surface area contributed by atoms with Crippen molar-refractivity contribution < 1.29 is 14.6 Å². The van der Waals surface area contributed by atoms with Crippen molar-refractivity contribution in [2.24, 2.45) is 0 Å². The molecule has 6 nitrogen and oxygen atoms in total. The van der Waals surface area contributed by atoms with Gasteiger partial charge in [-0.25, -0.2) is 4.98 Å². The molecule has 1 heterocycles. The van der Waals surface area contributed by atoms with Crippen LogP contribution in [0.25, 0.3) is 11.0 Å². The maximum atomic E-state index is 12.0. The Morgan fingerprint density at radius 2 is 2.17 bits per heavy atom. The lowest BCUT2D eigenvalue weighted by Crippen LogP contribution is -2.25. The maximum Gasteiger partial charge on any atom is 0.224 e. The van der Waals surface area contributed by atoms with Gasteiger partial charge in [0.15, 0.2) is 0 Å². The summed E-state index contributed by atoms with van der Waals surface area (Å²) in [5.74, 6) is 1.25. The molecular formula is C17H16ClN3O3. The van der Waals surface area contributed by atoms with Crippen LogP contribution in [-0.2, 0) is 17.8 Å². The molecule has 3 aromatic rings. The second-order valence-electron chi connectivity index (χ2n) is 5.31. The van der Waals surface area contributed by atoms with Crippen LogP contribution in [-0.4, -0.2) is 28.1 Å². The lowest BCUT2D eigenvalue weighted by Gasteiger charge is -2.05. The van der Waals surface area contributed by atoms with Crippen LogP contribution in [0.3, 0.4) is 0 Å². The van der Waals surface area contributed by atoms with Gasteiger partial charge < -0.3 is 20.1 Å². The zero-order valence-electron chi connectivity index (χ0n) is 13.0. The molecule has 0 radical (unpaired) electrons. The van der Waals surface area contributed by atoms with Gasteiger partial charge in [-0.05, 0) is 29.8 Å². The summed E-state index contributed by atoms with van der Waals surface area (Å²) in [4.78, 5) is 19.6. The number of halogens is 1. The van der Waals surface area contributed by atoms with Gasteiger partial charge in [0.25, 0.3) is 0 Å². The van der Waals surface area contributed by atoms with E-state index in [1.807, 2.05) is 18.2 Å². The van der Waals surface area contributed by atoms with Gasteiger partial charge in [-0.3, -0.25) is 4.79 Å². The van der Waals surface area contributed by atoms with E-state index in [4.69, 9.17) is 16.3 Å². The summed E-state index contributed by atoms with van der Waals surface area (Å²) < 4.78 is 5.17. The van der Waals surface area contributed by atoms with Gasteiger partial charge in [-0.15, -0.1) is 0 Å². The first-order valence-corrected chi connectivity index (χ1v) is 7.69. The molecule has 0 saturated heterocycles. The van der Waals surface area contributed by atoms with Gasteiger partial charge in [0.2, 0.25) is 5.91 Å². The number of phenols is 1. The molecule has 0 aliphatic heterocycles. The molecule has 3 rings (SSSR count). The van der Waals surface area contributed by atoms with Gasteiger partial charge in [-0.1, -0.05) is 17.7 Å². The topological polar surface area (TPSA) is 87.2 Å². The van der Waals surface area contributed by atoms with Crippen LogP contribution in [0.4, 0.5) is 0 Å². The summed E-state index contributed by atoms with van der Waals surface area (Å²) >= 11 is 5.83. The molecule has 1 amide bonds. The Balaban J connectivity index is 1.62. The Labute approximate surface area is 143 Å². The van der Waals surface area contributed by atoms with Gasteiger partial charge in [0.05, 0.1) is 36.1 Å². The van der Waals surface area contributed by atoms with Crippen molar-refractivity contribution in [2.75, 3.05) is 7.11 Å². The maximum absolute atomic E-state index is 12.0. The highest BCUT2D eigenvalue weighted by Gasteiger charge is 2.08. The SMILES string of the molecule is COc1ccc2nc(CNC(=O)Cc3ccc(O)c(Cl)c3)[nH]c2c1. The number of carbonyl (C=O) groups excluding carboxylic acids is 1. The fourth-order valence-electron chi connectivity index (χ4n) is 2.34. The number of hydrogen-bond acceptors (Lipinski definition) is 4. The van der Waals surface area contributed by atoms with Crippen molar-refractivity contribution >= 4 is 28.5 Å². The number of ether oxygens (including phenoxy) is 1. The van der Waals surface area contributed by atoms with E-state index in [-0.39, 0.29) is 23.1 Å². The van der Waals surface area contributed by atoms with Gasteiger partial charge in [0, 0.05) is 6.07 Å². The van der Waals surface area contributed by atoms with Crippen LogP contribution in [0.15, 0.2) is 36.4 Å². The third-order valence-electron chi connectivity index (χ3n) is 3.57. The van der Waals surface area contributed by atoms with Crippen molar-refractivity contribution in [2.45, 2.75) is 13.0 Å². The number of aromatic nitrogens is 2. The first kappa shape index (κ1) is 16.1. The zero-order valence-corrected chi connectivity index (χ0v) is 13.7. The predicted molar refractivity (Wildman–Crippen MR) is 91.3 cm³/mol. The highest BCUT2D eigenvalue weighted by Crippen LogP contribution is 2.23. The second kappa shape index (κ2) is 6.80. The molecule has 0 spiro atoms. The Bertz CT molecular complexity index is 892. The fraction of sp³-hybridized carbons (Fsp3) is 0.176. The molecule has 3 N–H and O–H groups in total. The first-order chi connectivity index (χ1) is 11.5. The van der Waals surface area contributed by atoms with Crippen LogP contribution in [0.5, 0.6) is 11.5 Å². The number of imidazole rings is 1. The normalized spacial score (nSPS) is 10.8. The summed E-state index contributed by atoms with van der Waals surface area (Å²) in [6, 6.07) is 10.2. The Morgan fingerprint density at radius 1 is 1.33 bits per heavy atom. The van der Waals surface area contributed by atoms with Crippen molar-refractivity contribution in [3.8, 4) is 11.5 Å². The largest absolute Gasteiger partial charge is 0.506 e. The van der Waals surface area contributed by atoms with Gasteiger partial charge in [-0.2, -0.15) is 0 Å². The molecular weight excluding hydrogens is 330 g/mol. The van der Waals surface area contributed by atoms with Crippen molar-refractivity contribution in [3.63, 3.8) is 0 Å². The number of nitrogens with zero attached hydrogens (tertiary/aromatic N) is 1. The van der Waals surface area contributed by atoms with Crippen LogP contribution >= 0.6 is 11.6 Å². The first-order valence-electron chi connectivity index (χ1n) is 7.32. The Kier molecular flexibility index (Phi) is 4.57. The number of benzene rings is 2. The molecule has 24 heavy (non-hydrogen) atoms. The molecule has 0 aliphatic carbocycles. The molecule has 1 aromatic heterocycles. The van der Waals surface area contributed by atoms with Crippen LogP contribution in [0.1, 0.15) is 11.4 Å². The van der Waals surface area contributed by atoms with E-state index in [9.17, 15) is 9.90 Å². The number of amides is 1. The lowest BCUT2D eigenvalue weighted by atomic mass is 10.1. The summed E-state index contributed by atoms with van der Waals surface area (Å²) in [6.07, 6.45) is 0.175. The molecule has 124 valence electrons. The van der Waals surface area contributed by atoms with E-state index in [1.165, 1.54) is 6.07 Å². The quantitative estimate of drug-likeness (QED) is 0.663. The molecule has 0 bridgehead atoms. The van der Waals surface area contributed by atoms with Crippen LogP contribution in [0.2, 0.25) is 5.02 Å². The Morgan fingerprint density at radius 3 is 2.92 bits per heavy atom. The molecule has 0 atom stereocenters. The third kappa shape index (κ3) is 3.60. The summed E-state index contributed by atoms with van der Waals surface area (Å²) in [7, 11) is 1.61. The molecule has 0 saturated carbocycles. The van der Waals surface area contributed by atoms with Crippen LogP contribution < -0.4 is 10.1 Å². The number of aromatic hydroxyl groups is 1. The summed E-state index contributed by atoms with van der Waals surface area (Å²) in [5, 5.41) is 12.4. The minimum Gasteiger partial charge on any atom is -0.506 e. The van der Waals surface area contributed by atoms with Gasteiger partial charge in [0.1, 0.15) is 17.3 Å². The lowest BCUT2D eigenvalue weighted by molar-refractivity contribution is -0.120. The smallest absolute Gasteiger partial charge is 0.224 e. The van der Waals surface area contributed by atoms with Crippen molar-refractivity contribution in [1.29, 1.82) is 0 Å². The van der Waals surface area contributed by atoms with E-state index in [1.54, 1.807) is 19.2 Å². The standard InChI is InChI=1S/C17H16ClN3O3/c1-24-11-3-4-13-14(8-11)21-16(20-13)9-19-17(23)7-10-2-5-15(22)12(18)6-10/h2-6,8,22H,7,9H2,1H3,(H,19,23)(H,20,21). The second-order valence-corrected chi connectivity index (χ2v) is 5.71. The third-order valence-corrected chi connectivity index (χ3v) is 3.87. The van der Waals surface area contributed by atoms with E-state index < -0.39 is 0 Å². The minimum absolute atomic E-state index is 0.00136. The number of methoxy groups -OCH3 is 1. The number of H-pyrrole nitrogens is 1. The summed E-state index contributed by atoms with van der Waals surface area (Å²) in [5.41, 5.74) is 2.39. The van der Waals surface area contributed by atoms with Gasteiger partial charge >= 0.3 is 0 Å². The molecule has 2 aromatic carbocycles.